The highest BCUT2D eigenvalue weighted by Crippen LogP contribution is 2.37. The van der Waals surface area contributed by atoms with E-state index in [2.05, 4.69) is 78.9 Å². The lowest BCUT2D eigenvalue weighted by molar-refractivity contribution is 0.477. The molecule has 0 aliphatic rings. The Balaban J connectivity index is 1.20. The predicted molar refractivity (Wildman–Crippen MR) is 186 cm³/mol. The van der Waals surface area contributed by atoms with E-state index < -0.39 is 0 Å². The molecule has 5 heteroatoms. The van der Waals surface area contributed by atoms with Crippen LogP contribution in [0.15, 0.2) is 164 Å². The second kappa shape index (κ2) is 11.6. The van der Waals surface area contributed by atoms with Crippen molar-refractivity contribution in [1.82, 2.24) is 19.5 Å². The molecule has 3 heterocycles. The number of phenols is 1. The summed E-state index contributed by atoms with van der Waals surface area (Å²) in [5.74, 6) is 0.794. The molecular formula is C41H28N4O. The Labute approximate surface area is 266 Å². The Morgan fingerprint density at radius 2 is 1.09 bits per heavy atom. The minimum Gasteiger partial charge on any atom is -0.507 e. The van der Waals surface area contributed by atoms with Gasteiger partial charge in [-0.05, 0) is 76.3 Å². The highest BCUT2D eigenvalue weighted by molar-refractivity contribution is 5.94. The summed E-state index contributed by atoms with van der Waals surface area (Å²) in [6, 6.07) is 50.9. The van der Waals surface area contributed by atoms with Gasteiger partial charge in [0.05, 0.1) is 11.3 Å². The van der Waals surface area contributed by atoms with Gasteiger partial charge >= 0.3 is 0 Å². The van der Waals surface area contributed by atoms with E-state index in [4.69, 9.17) is 15.0 Å². The minimum atomic E-state index is 0.166. The van der Waals surface area contributed by atoms with Gasteiger partial charge in [-0.2, -0.15) is 0 Å². The fourth-order valence-electron chi connectivity index (χ4n) is 5.97. The van der Waals surface area contributed by atoms with E-state index in [9.17, 15) is 5.11 Å². The lowest BCUT2D eigenvalue weighted by Gasteiger charge is -2.10. The second-order valence-electron chi connectivity index (χ2n) is 11.1. The van der Waals surface area contributed by atoms with E-state index >= 15 is 0 Å². The monoisotopic (exact) mass is 592 g/mol. The molecule has 5 aromatic carbocycles. The molecule has 0 spiro atoms. The first kappa shape index (κ1) is 27.2. The Hall–Kier alpha value is -6.33. The fourth-order valence-corrected chi connectivity index (χ4v) is 5.97. The van der Waals surface area contributed by atoms with Gasteiger partial charge in [-0.3, -0.25) is 9.55 Å². The molecule has 218 valence electrons. The Morgan fingerprint density at radius 1 is 0.457 bits per heavy atom. The van der Waals surface area contributed by atoms with Gasteiger partial charge in [0.1, 0.15) is 11.3 Å². The third-order valence-electron chi connectivity index (χ3n) is 8.26. The maximum Gasteiger partial charge on any atom is 0.165 e. The van der Waals surface area contributed by atoms with Crippen molar-refractivity contribution in [2.24, 2.45) is 0 Å². The molecule has 46 heavy (non-hydrogen) atoms. The molecule has 8 rings (SSSR count). The number of hydrogen-bond donors (Lipinski definition) is 1. The first-order chi connectivity index (χ1) is 22.7. The van der Waals surface area contributed by atoms with Crippen LogP contribution in [0.4, 0.5) is 0 Å². The van der Waals surface area contributed by atoms with E-state index in [-0.39, 0.29) is 5.75 Å². The number of nitrogens with zero attached hydrogens (tertiary/aromatic N) is 4. The van der Waals surface area contributed by atoms with Crippen LogP contribution in [0, 0.1) is 0 Å². The average Bonchev–Trinajstić information content (AvgIpc) is 3.52. The molecule has 0 atom stereocenters. The Morgan fingerprint density at radius 3 is 1.87 bits per heavy atom. The van der Waals surface area contributed by atoms with Gasteiger partial charge in [0, 0.05) is 29.2 Å². The molecule has 0 fully saturated rings. The van der Waals surface area contributed by atoms with E-state index in [0.717, 1.165) is 44.7 Å². The van der Waals surface area contributed by atoms with E-state index in [0.29, 0.717) is 17.0 Å². The molecule has 0 amide bonds. The Kier molecular flexibility index (Phi) is 6.89. The van der Waals surface area contributed by atoms with E-state index in [1.807, 2.05) is 83.7 Å². The molecule has 3 aromatic heterocycles. The summed E-state index contributed by atoms with van der Waals surface area (Å²) in [5.41, 5.74) is 11.5. The summed E-state index contributed by atoms with van der Waals surface area (Å²) in [6.07, 6.45) is 3.69. The van der Waals surface area contributed by atoms with Crippen LogP contribution in [0.5, 0.6) is 5.75 Å². The van der Waals surface area contributed by atoms with Crippen LogP contribution in [0.3, 0.4) is 0 Å². The topological polar surface area (TPSA) is 63.8 Å². The number of para-hydroxylation sites is 2. The van der Waals surface area contributed by atoms with Gasteiger partial charge in [0.2, 0.25) is 0 Å². The van der Waals surface area contributed by atoms with Crippen molar-refractivity contribution in [3.05, 3.63) is 164 Å². The highest BCUT2D eigenvalue weighted by atomic mass is 16.3. The maximum absolute atomic E-state index is 10.8. The minimum absolute atomic E-state index is 0.166. The number of fused-ring (bicyclic) bond motifs is 1. The van der Waals surface area contributed by atoms with Crippen LogP contribution in [0.1, 0.15) is 0 Å². The fraction of sp³-hybridized carbons (Fsp3) is 0. The second-order valence-corrected chi connectivity index (χ2v) is 11.1. The molecule has 8 aromatic rings. The summed E-state index contributed by atoms with van der Waals surface area (Å²) >= 11 is 0. The summed E-state index contributed by atoms with van der Waals surface area (Å²) < 4.78 is 2.01. The zero-order valence-electron chi connectivity index (χ0n) is 24.8. The van der Waals surface area contributed by atoms with Crippen molar-refractivity contribution in [3.8, 4) is 67.5 Å². The normalized spacial score (nSPS) is 11.1. The molecular weight excluding hydrogens is 564 g/mol. The number of aromatic nitrogens is 4. The maximum atomic E-state index is 10.8. The molecule has 0 radical (unpaired) electrons. The van der Waals surface area contributed by atoms with Crippen LogP contribution in [-0.2, 0) is 0 Å². The molecule has 5 nitrogen and oxygen atoms in total. The van der Waals surface area contributed by atoms with Crippen LogP contribution >= 0.6 is 0 Å². The number of benzene rings is 5. The molecule has 0 bridgehead atoms. The molecule has 0 saturated heterocycles. The van der Waals surface area contributed by atoms with Gasteiger partial charge < -0.3 is 5.11 Å². The van der Waals surface area contributed by atoms with E-state index in [1.54, 1.807) is 6.07 Å². The van der Waals surface area contributed by atoms with Crippen molar-refractivity contribution in [3.63, 3.8) is 0 Å². The highest BCUT2D eigenvalue weighted by Gasteiger charge is 2.20. The SMILES string of the molecule is Oc1ccccc1-c1nc2c(-c3cccc(-c4cc(-c5ccc(-c6ccccc6)cc5)ccn4)c3)ccnc2n1-c1ccccc1. The quantitative estimate of drug-likeness (QED) is 0.209. The lowest BCUT2D eigenvalue weighted by Crippen LogP contribution is -1.98. The van der Waals surface area contributed by atoms with Gasteiger partial charge in [-0.1, -0.05) is 103 Å². The van der Waals surface area contributed by atoms with Crippen LogP contribution in [0.25, 0.3) is 72.9 Å². The van der Waals surface area contributed by atoms with Crippen molar-refractivity contribution >= 4 is 11.2 Å². The summed E-state index contributed by atoms with van der Waals surface area (Å²) in [6.45, 7) is 0. The van der Waals surface area contributed by atoms with Crippen LogP contribution in [-0.4, -0.2) is 24.6 Å². The van der Waals surface area contributed by atoms with Crippen LogP contribution in [0.2, 0.25) is 0 Å². The number of hydrogen-bond acceptors (Lipinski definition) is 4. The number of rotatable bonds is 6. The molecule has 0 aliphatic carbocycles. The van der Waals surface area contributed by atoms with Gasteiger partial charge in [-0.25, -0.2) is 9.97 Å². The summed E-state index contributed by atoms with van der Waals surface area (Å²) in [5, 5.41) is 10.8. The van der Waals surface area contributed by atoms with E-state index in [1.165, 1.54) is 11.1 Å². The number of phenolic OH excluding ortho intramolecular Hbond substituents is 1. The molecule has 1 N–H and O–H groups in total. The number of aromatic hydroxyl groups is 1. The average molecular weight is 593 g/mol. The van der Waals surface area contributed by atoms with Crippen molar-refractivity contribution < 1.29 is 5.11 Å². The molecule has 0 aliphatic heterocycles. The van der Waals surface area contributed by atoms with Crippen molar-refractivity contribution in [2.75, 3.05) is 0 Å². The molecule has 0 unspecified atom stereocenters. The number of pyridine rings is 2. The molecule has 0 saturated carbocycles. The van der Waals surface area contributed by atoms with Gasteiger partial charge in [0.25, 0.3) is 0 Å². The predicted octanol–water partition coefficient (Wildman–Crippen LogP) is 9.86. The van der Waals surface area contributed by atoms with Gasteiger partial charge in [0.15, 0.2) is 11.5 Å². The smallest absolute Gasteiger partial charge is 0.165 e. The Bertz CT molecular complexity index is 2310. The first-order valence-corrected chi connectivity index (χ1v) is 15.2. The zero-order chi connectivity index (χ0) is 30.9. The van der Waals surface area contributed by atoms with Gasteiger partial charge in [-0.15, -0.1) is 0 Å². The summed E-state index contributed by atoms with van der Waals surface area (Å²) in [7, 11) is 0. The summed E-state index contributed by atoms with van der Waals surface area (Å²) in [4.78, 5) is 14.6. The standard InChI is InChI=1S/C41H28N4O/c46-38-17-8-7-16-36(38)40-44-39-35(23-25-43-41(39)45(40)34-14-5-2-6-15-34)32-12-9-13-33(26-32)37-27-31(22-24-42-37)30-20-18-29(19-21-30)28-10-3-1-4-11-28/h1-27,46H. The van der Waals surface area contributed by atoms with Crippen molar-refractivity contribution in [2.45, 2.75) is 0 Å². The largest absolute Gasteiger partial charge is 0.507 e. The number of imidazole rings is 1. The third kappa shape index (κ3) is 5.00. The van der Waals surface area contributed by atoms with Crippen LogP contribution < -0.4 is 0 Å². The third-order valence-corrected chi connectivity index (χ3v) is 8.26. The zero-order valence-corrected chi connectivity index (χ0v) is 24.8. The first-order valence-electron chi connectivity index (χ1n) is 15.2. The lowest BCUT2D eigenvalue weighted by atomic mass is 9.98. The van der Waals surface area contributed by atoms with Crippen molar-refractivity contribution in [1.29, 1.82) is 0 Å².